The molecule has 0 aromatic heterocycles. The van der Waals surface area contributed by atoms with Gasteiger partial charge in [-0.25, -0.2) is 0 Å². The Balaban J connectivity index is 2.08. The van der Waals surface area contributed by atoms with E-state index in [1.165, 1.54) is 5.56 Å². The van der Waals surface area contributed by atoms with Gasteiger partial charge in [-0.2, -0.15) is 0 Å². The van der Waals surface area contributed by atoms with Crippen molar-refractivity contribution in [2.75, 3.05) is 6.61 Å². The van der Waals surface area contributed by atoms with E-state index in [0.717, 1.165) is 36.0 Å². The summed E-state index contributed by atoms with van der Waals surface area (Å²) in [5, 5.41) is 30.9. The molecule has 3 heteroatoms. The highest BCUT2D eigenvalue weighted by Gasteiger charge is 2.51. The Morgan fingerprint density at radius 1 is 1.30 bits per heavy atom. The molecule has 23 heavy (non-hydrogen) atoms. The molecule has 2 aliphatic carbocycles. The lowest BCUT2D eigenvalue weighted by molar-refractivity contribution is -0.0304. The second kappa shape index (κ2) is 5.35. The predicted octanol–water partition coefficient (Wildman–Crippen LogP) is 3.41. The zero-order valence-electron chi connectivity index (χ0n) is 14.4. The van der Waals surface area contributed by atoms with Gasteiger partial charge in [-0.1, -0.05) is 39.5 Å². The van der Waals surface area contributed by atoms with Crippen LogP contribution in [-0.4, -0.2) is 27.5 Å². The van der Waals surface area contributed by atoms with E-state index in [4.69, 9.17) is 0 Å². The number of benzene rings is 1. The molecule has 2 aliphatic rings. The summed E-state index contributed by atoms with van der Waals surface area (Å²) in [6, 6.07) is 4.20. The lowest BCUT2D eigenvalue weighted by Gasteiger charge is -2.52. The number of aliphatic hydroxyl groups is 2. The molecule has 1 aromatic carbocycles. The summed E-state index contributed by atoms with van der Waals surface area (Å²) in [5.41, 5.74) is 2.74. The molecule has 1 fully saturated rings. The third-order valence-corrected chi connectivity index (χ3v) is 6.34. The molecule has 3 N–H and O–H groups in total. The minimum atomic E-state index is -1.15. The minimum Gasteiger partial charge on any atom is -0.507 e. The summed E-state index contributed by atoms with van der Waals surface area (Å²) >= 11 is 0. The fraction of sp³-hybridized carbons (Fsp3) is 0.600. The van der Waals surface area contributed by atoms with E-state index in [2.05, 4.69) is 33.4 Å². The fourth-order valence-electron chi connectivity index (χ4n) is 4.70. The molecule has 126 valence electrons. The highest BCUT2D eigenvalue weighted by Crippen LogP contribution is 2.55. The maximum atomic E-state index is 10.7. The zero-order valence-corrected chi connectivity index (χ0v) is 14.4. The highest BCUT2D eigenvalue weighted by molar-refractivity contribution is 5.53. The van der Waals surface area contributed by atoms with Crippen LogP contribution in [0.2, 0.25) is 0 Å². The van der Waals surface area contributed by atoms with Crippen LogP contribution in [0, 0.1) is 5.92 Å². The molecule has 0 unspecified atom stereocenters. The van der Waals surface area contributed by atoms with Crippen molar-refractivity contribution >= 4 is 0 Å². The molecular weight excluding hydrogens is 288 g/mol. The number of fused-ring (bicyclic) bond motifs is 3. The van der Waals surface area contributed by atoms with E-state index in [-0.39, 0.29) is 17.9 Å². The molecule has 0 bridgehead atoms. The Hall–Kier alpha value is -1.32. The first-order valence-corrected chi connectivity index (χ1v) is 8.62. The van der Waals surface area contributed by atoms with Gasteiger partial charge in [0.1, 0.15) is 11.4 Å². The van der Waals surface area contributed by atoms with E-state index < -0.39 is 5.60 Å². The summed E-state index contributed by atoms with van der Waals surface area (Å²) in [5.74, 6) is 0.891. The van der Waals surface area contributed by atoms with Crippen molar-refractivity contribution in [2.45, 2.75) is 63.4 Å². The molecule has 0 radical (unpaired) electrons. The van der Waals surface area contributed by atoms with Gasteiger partial charge in [0.2, 0.25) is 0 Å². The molecule has 1 saturated carbocycles. The van der Waals surface area contributed by atoms with Crippen molar-refractivity contribution in [1.29, 1.82) is 0 Å². The Morgan fingerprint density at radius 3 is 2.61 bits per heavy atom. The smallest absolute Gasteiger partial charge is 0.122 e. The summed E-state index contributed by atoms with van der Waals surface area (Å²) in [6.45, 7) is 10.3. The van der Waals surface area contributed by atoms with Crippen molar-refractivity contribution in [3.8, 4) is 5.75 Å². The summed E-state index contributed by atoms with van der Waals surface area (Å²) < 4.78 is 0. The first-order valence-electron chi connectivity index (χ1n) is 8.62. The van der Waals surface area contributed by atoms with Gasteiger partial charge in [0.05, 0.1) is 6.61 Å². The van der Waals surface area contributed by atoms with Crippen LogP contribution in [0.3, 0.4) is 0 Å². The van der Waals surface area contributed by atoms with Gasteiger partial charge in [-0.05, 0) is 65.2 Å². The average Bonchev–Trinajstić information content (AvgIpc) is 2.52. The van der Waals surface area contributed by atoms with Gasteiger partial charge < -0.3 is 15.3 Å². The summed E-state index contributed by atoms with van der Waals surface area (Å²) in [7, 11) is 0. The number of hydrogen-bond donors (Lipinski definition) is 3. The quantitative estimate of drug-likeness (QED) is 0.733. The van der Waals surface area contributed by atoms with Crippen molar-refractivity contribution in [2.24, 2.45) is 5.92 Å². The van der Waals surface area contributed by atoms with Crippen LogP contribution in [0.4, 0.5) is 0 Å². The Morgan fingerprint density at radius 2 is 2.00 bits per heavy atom. The van der Waals surface area contributed by atoms with Crippen molar-refractivity contribution in [1.82, 2.24) is 0 Å². The van der Waals surface area contributed by atoms with Gasteiger partial charge in [0.25, 0.3) is 0 Å². The van der Waals surface area contributed by atoms with Crippen LogP contribution < -0.4 is 0 Å². The lowest BCUT2D eigenvalue weighted by atomic mass is 9.53. The Labute approximate surface area is 138 Å². The number of aliphatic hydroxyl groups excluding tert-OH is 1. The number of phenolic OH excluding ortho intramolecular Hbond substituents is 1. The lowest BCUT2D eigenvalue weighted by Crippen LogP contribution is -2.51. The van der Waals surface area contributed by atoms with Crippen molar-refractivity contribution in [3.63, 3.8) is 0 Å². The standard InChI is InChI=1S/C20H28O3/c1-12(2)14-5-8-17-15(18(14)22)6-7-16-13(3)20(23,11-21)10-9-19(16,17)4/h5,8,12,16,21-23H,3,6-7,9-11H2,1-2,4H3/t16-,19-,20+/m0/s1. The monoisotopic (exact) mass is 316 g/mol. The molecule has 0 amide bonds. The van der Waals surface area contributed by atoms with Crippen molar-refractivity contribution in [3.05, 3.63) is 41.0 Å². The molecule has 0 saturated heterocycles. The highest BCUT2D eigenvalue weighted by atomic mass is 16.3. The van der Waals surface area contributed by atoms with Crippen LogP contribution in [0.25, 0.3) is 0 Å². The van der Waals surface area contributed by atoms with Crippen LogP contribution in [-0.2, 0) is 11.8 Å². The molecule has 1 aromatic rings. The topological polar surface area (TPSA) is 60.7 Å². The molecule has 0 heterocycles. The predicted molar refractivity (Wildman–Crippen MR) is 91.8 cm³/mol. The van der Waals surface area contributed by atoms with Crippen LogP contribution in [0.5, 0.6) is 5.75 Å². The third-order valence-electron chi connectivity index (χ3n) is 6.34. The van der Waals surface area contributed by atoms with Crippen molar-refractivity contribution < 1.29 is 15.3 Å². The van der Waals surface area contributed by atoms with Crippen LogP contribution >= 0.6 is 0 Å². The van der Waals surface area contributed by atoms with E-state index in [9.17, 15) is 15.3 Å². The van der Waals surface area contributed by atoms with Gasteiger partial charge >= 0.3 is 0 Å². The van der Waals surface area contributed by atoms with E-state index in [0.29, 0.717) is 18.1 Å². The van der Waals surface area contributed by atoms with E-state index >= 15 is 0 Å². The SMILES string of the molecule is C=C1[C@@H]2CCc3c(ccc(C(C)C)c3O)[C@@]2(C)CC[C@@]1(O)CO. The van der Waals surface area contributed by atoms with E-state index in [1.54, 1.807) is 0 Å². The number of hydrogen-bond acceptors (Lipinski definition) is 3. The maximum Gasteiger partial charge on any atom is 0.122 e. The average molecular weight is 316 g/mol. The van der Waals surface area contributed by atoms with E-state index in [1.807, 2.05) is 6.07 Å². The molecular formula is C20H28O3. The van der Waals surface area contributed by atoms with Gasteiger partial charge in [0.15, 0.2) is 0 Å². The third kappa shape index (κ3) is 2.25. The second-order valence-electron chi connectivity index (χ2n) is 7.91. The number of phenols is 1. The van der Waals surface area contributed by atoms with Gasteiger partial charge in [0, 0.05) is 0 Å². The zero-order chi connectivity index (χ0) is 17.0. The largest absolute Gasteiger partial charge is 0.507 e. The second-order valence-corrected chi connectivity index (χ2v) is 7.91. The maximum absolute atomic E-state index is 10.7. The molecule has 0 aliphatic heterocycles. The molecule has 3 nitrogen and oxygen atoms in total. The summed E-state index contributed by atoms with van der Waals surface area (Å²) in [4.78, 5) is 0. The number of rotatable bonds is 2. The number of aromatic hydroxyl groups is 1. The van der Waals surface area contributed by atoms with Crippen LogP contribution in [0.1, 0.15) is 62.6 Å². The van der Waals surface area contributed by atoms with Gasteiger partial charge in [-0.3, -0.25) is 0 Å². The fourth-order valence-corrected chi connectivity index (χ4v) is 4.70. The first-order chi connectivity index (χ1) is 10.7. The first kappa shape index (κ1) is 16.5. The van der Waals surface area contributed by atoms with Crippen LogP contribution in [0.15, 0.2) is 24.3 Å². The Kier molecular flexibility index (Phi) is 3.85. The van der Waals surface area contributed by atoms with Gasteiger partial charge in [-0.15, -0.1) is 0 Å². The normalized spacial score (nSPS) is 33.5. The molecule has 3 atom stereocenters. The molecule has 3 rings (SSSR count). The Bertz CT molecular complexity index is 649. The summed E-state index contributed by atoms with van der Waals surface area (Å²) in [6.07, 6.45) is 2.96. The minimum absolute atomic E-state index is 0.126. The molecule has 0 spiro atoms.